The molecule has 72 valence electrons. The van der Waals surface area contributed by atoms with Crippen molar-refractivity contribution in [2.45, 2.75) is 0 Å². The molecule has 1 aromatic heterocycles. The summed E-state index contributed by atoms with van der Waals surface area (Å²) in [6.45, 7) is 0. The number of benzene rings is 1. The van der Waals surface area contributed by atoms with Crippen molar-refractivity contribution < 1.29 is 4.39 Å². The SMILES string of the molecule is Cn1cc(Nc2ccc(F)cc2)cn1. The Kier molecular flexibility index (Phi) is 2.18. The lowest BCUT2D eigenvalue weighted by Gasteiger charge is -2.01. The number of nitrogens with one attached hydrogen (secondary N) is 1. The van der Waals surface area contributed by atoms with Gasteiger partial charge < -0.3 is 5.32 Å². The van der Waals surface area contributed by atoms with Crippen molar-refractivity contribution >= 4 is 11.4 Å². The monoisotopic (exact) mass is 191 g/mol. The third-order valence-corrected chi connectivity index (χ3v) is 1.84. The summed E-state index contributed by atoms with van der Waals surface area (Å²) in [5.74, 6) is -0.235. The van der Waals surface area contributed by atoms with Crippen molar-refractivity contribution in [1.82, 2.24) is 9.78 Å². The number of aromatic nitrogens is 2. The van der Waals surface area contributed by atoms with E-state index in [0.29, 0.717) is 0 Å². The normalized spacial score (nSPS) is 10.1. The molecule has 1 heterocycles. The van der Waals surface area contributed by atoms with E-state index in [4.69, 9.17) is 0 Å². The van der Waals surface area contributed by atoms with Crippen molar-refractivity contribution in [3.05, 3.63) is 42.5 Å². The molecule has 0 aliphatic rings. The van der Waals surface area contributed by atoms with Crippen LogP contribution >= 0.6 is 0 Å². The number of hydrogen-bond donors (Lipinski definition) is 1. The van der Waals surface area contributed by atoms with Crippen molar-refractivity contribution in [3.8, 4) is 0 Å². The molecule has 0 amide bonds. The summed E-state index contributed by atoms with van der Waals surface area (Å²) in [5, 5.41) is 7.11. The zero-order chi connectivity index (χ0) is 9.97. The molecule has 0 unspecified atom stereocenters. The average molecular weight is 191 g/mol. The standard InChI is InChI=1S/C10H10FN3/c1-14-7-10(6-12-14)13-9-4-2-8(11)3-5-9/h2-7,13H,1H3. The molecule has 0 aliphatic heterocycles. The summed E-state index contributed by atoms with van der Waals surface area (Å²) in [6.07, 6.45) is 3.56. The van der Waals surface area contributed by atoms with Gasteiger partial charge in [0.2, 0.25) is 0 Å². The maximum atomic E-state index is 12.6. The molecule has 3 nitrogen and oxygen atoms in total. The summed E-state index contributed by atoms with van der Waals surface area (Å²) in [4.78, 5) is 0. The predicted molar refractivity (Wildman–Crippen MR) is 52.9 cm³/mol. The minimum atomic E-state index is -0.235. The van der Waals surface area contributed by atoms with Crippen LogP contribution < -0.4 is 5.32 Å². The fraction of sp³-hybridized carbons (Fsp3) is 0.100. The molecule has 0 radical (unpaired) electrons. The molecule has 0 saturated carbocycles. The van der Waals surface area contributed by atoms with Gasteiger partial charge in [-0.15, -0.1) is 0 Å². The summed E-state index contributed by atoms with van der Waals surface area (Å²) in [6, 6.07) is 6.20. The van der Waals surface area contributed by atoms with Crippen LogP contribution in [0.2, 0.25) is 0 Å². The van der Waals surface area contributed by atoms with E-state index in [0.717, 1.165) is 11.4 Å². The van der Waals surface area contributed by atoms with E-state index < -0.39 is 0 Å². The van der Waals surface area contributed by atoms with E-state index in [1.807, 2.05) is 13.2 Å². The lowest BCUT2D eigenvalue weighted by atomic mass is 10.3. The Morgan fingerprint density at radius 3 is 2.50 bits per heavy atom. The topological polar surface area (TPSA) is 29.9 Å². The maximum Gasteiger partial charge on any atom is 0.123 e. The van der Waals surface area contributed by atoms with Gasteiger partial charge in [0.1, 0.15) is 5.82 Å². The van der Waals surface area contributed by atoms with Gasteiger partial charge in [-0.2, -0.15) is 5.10 Å². The summed E-state index contributed by atoms with van der Waals surface area (Å²) in [7, 11) is 1.84. The minimum absolute atomic E-state index is 0.235. The number of aryl methyl sites for hydroxylation is 1. The first-order valence-corrected chi connectivity index (χ1v) is 4.25. The van der Waals surface area contributed by atoms with E-state index in [2.05, 4.69) is 10.4 Å². The molecule has 1 N–H and O–H groups in total. The lowest BCUT2D eigenvalue weighted by molar-refractivity contribution is 0.628. The first kappa shape index (κ1) is 8.74. The van der Waals surface area contributed by atoms with Crippen LogP contribution in [0, 0.1) is 5.82 Å². The Bertz CT molecular complexity index is 419. The van der Waals surface area contributed by atoms with Crippen molar-refractivity contribution in [2.75, 3.05) is 5.32 Å². The Morgan fingerprint density at radius 1 is 1.21 bits per heavy atom. The van der Waals surface area contributed by atoms with Crippen LogP contribution in [0.3, 0.4) is 0 Å². The van der Waals surface area contributed by atoms with E-state index in [1.54, 1.807) is 23.0 Å². The highest BCUT2D eigenvalue weighted by molar-refractivity contribution is 5.57. The second kappa shape index (κ2) is 3.49. The first-order chi connectivity index (χ1) is 6.74. The van der Waals surface area contributed by atoms with Gasteiger partial charge in [0, 0.05) is 18.9 Å². The molecule has 0 atom stereocenters. The Balaban J connectivity index is 2.15. The molecule has 0 aliphatic carbocycles. The molecule has 14 heavy (non-hydrogen) atoms. The fourth-order valence-electron chi connectivity index (χ4n) is 1.19. The second-order valence-corrected chi connectivity index (χ2v) is 3.03. The predicted octanol–water partition coefficient (Wildman–Crippen LogP) is 2.30. The van der Waals surface area contributed by atoms with Crippen molar-refractivity contribution in [1.29, 1.82) is 0 Å². The van der Waals surface area contributed by atoms with Crippen LogP contribution in [-0.4, -0.2) is 9.78 Å². The van der Waals surface area contributed by atoms with Gasteiger partial charge in [0.25, 0.3) is 0 Å². The number of nitrogens with zero attached hydrogens (tertiary/aromatic N) is 2. The Labute approximate surface area is 81.2 Å². The van der Waals surface area contributed by atoms with Gasteiger partial charge in [0.15, 0.2) is 0 Å². The minimum Gasteiger partial charge on any atom is -0.353 e. The molecule has 0 fully saturated rings. The smallest absolute Gasteiger partial charge is 0.123 e. The molecule has 0 bridgehead atoms. The molecule has 4 heteroatoms. The molecule has 2 aromatic rings. The van der Waals surface area contributed by atoms with E-state index in [1.165, 1.54) is 12.1 Å². The van der Waals surface area contributed by atoms with E-state index in [-0.39, 0.29) is 5.82 Å². The van der Waals surface area contributed by atoms with Gasteiger partial charge in [-0.1, -0.05) is 0 Å². The summed E-state index contributed by atoms with van der Waals surface area (Å²) < 4.78 is 14.3. The third-order valence-electron chi connectivity index (χ3n) is 1.84. The lowest BCUT2D eigenvalue weighted by Crippen LogP contribution is -1.88. The molecular formula is C10H10FN3. The number of anilines is 2. The van der Waals surface area contributed by atoms with Crippen LogP contribution in [0.5, 0.6) is 0 Å². The van der Waals surface area contributed by atoms with Gasteiger partial charge in [-0.3, -0.25) is 4.68 Å². The highest BCUT2D eigenvalue weighted by Gasteiger charge is 1.96. The zero-order valence-electron chi connectivity index (χ0n) is 7.74. The van der Waals surface area contributed by atoms with Gasteiger partial charge in [0.05, 0.1) is 11.9 Å². The quantitative estimate of drug-likeness (QED) is 0.789. The third kappa shape index (κ3) is 1.90. The summed E-state index contributed by atoms with van der Waals surface area (Å²) in [5.41, 5.74) is 1.73. The second-order valence-electron chi connectivity index (χ2n) is 3.03. The molecule has 0 saturated heterocycles. The number of hydrogen-bond acceptors (Lipinski definition) is 2. The average Bonchev–Trinajstić information content (AvgIpc) is 2.56. The van der Waals surface area contributed by atoms with Crippen LogP contribution in [-0.2, 0) is 7.05 Å². The zero-order valence-corrected chi connectivity index (χ0v) is 7.74. The Hall–Kier alpha value is -1.84. The van der Waals surface area contributed by atoms with Crippen LogP contribution in [0.15, 0.2) is 36.7 Å². The molecule has 2 rings (SSSR count). The number of halogens is 1. The van der Waals surface area contributed by atoms with Gasteiger partial charge in [-0.05, 0) is 24.3 Å². The van der Waals surface area contributed by atoms with E-state index >= 15 is 0 Å². The maximum absolute atomic E-state index is 12.6. The van der Waals surface area contributed by atoms with Crippen LogP contribution in [0.4, 0.5) is 15.8 Å². The first-order valence-electron chi connectivity index (χ1n) is 4.25. The highest BCUT2D eigenvalue weighted by Crippen LogP contribution is 2.15. The highest BCUT2D eigenvalue weighted by atomic mass is 19.1. The largest absolute Gasteiger partial charge is 0.353 e. The van der Waals surface area contributed by atoms with Crippen LogP contribution in [0.1, 0.15) is 0 Å². The van der Waals surface area contributed by atoms with Crippen molar-refractivity contribution in [3.63, 3.8) is 0 Å². The van der Waals surface area contributed by atoms with E-state index in [9.17, 15) is 4.39 Å². The molecular weight excluding hydrogens is 181 g/mol. The van der Waals surface area contributed by atoms with Gasteiger partial charge in [-0.25, -0.2) is 4.39 Å². The Morgan fingerprint density at radius 2 is 1.93 bits per heavy atom. The molecule has 1 aromatic carbocycles. The van der Waals surface area contributed by atoms with Crippen molar-refractivity contribution in [2.24, 2.45) is 7.05 Å². The van der Waals surface area contributed by atoms with Gasteiger partial charge >= 0.3 is 0 Å². The fourth-order valence-corrected chi connectivity index (χ4v) is 1.19. The number of rotatable bonds is 2. The summed E-state index contributed by atoms with van der Waals surface area (Å²) >= 11 is 0. The van der Waals surface area contributed by atoms with Crippen LogP contribution in [0.25, 0.3) is 0 Å². The molecule has 0 spiro atoms.